The van der Waals surface area contributed by atoms with Crippen LogP contribution in [-0.4, -0.2) is 22.4 Å². The summed E-state index contributed by atoms with van der Waals surface area (Å²) in [5.41, 5.74) is 2.99. The maximum Gasteiger partial charge on any atom is 0.231 e. The fraction of sp³-hybridized carbons (Fsp3) is 0.130. The van der Waals surface area contributed by atoms with Crippen LogP contribution in [-0.2, 0) is 13.1 Å². The number of ketones is 1. The third-order valence-corrected chi connectivity index (χ3v) is 4.96. The van der Waals surface area contributed by atoms with Crippen LogP contribution in [0.25, 0.3) is 6.08 Å². The topological polar surface area (TPSA) is 51.7 Å². The van der Waals surface area contributed by atoms with Crippen LogP contribution in [0.15, 0.2) is 66.7 Å². The van der Waals surface area contributed by atoms with Crippen molar-refractivity contribution in [1.82, 2.24) is 9.88 Å². The SMILES string of the molecule is O=C1C(=Cc2cccc(F)c2)Oc2c1ccc1c2CN(Cc2cccnc2)CO1. The number of hydrogen-bond acceptors (Lipinski definition) is 5. The third-order valence-electron chi connectivity index (χ3n) is 4.96. The van der Waals surface area contributed by atoms with Gasteiger partial charge >= 0.3 is 0 Å². The van der Waals surface area contributed by atoms with Crippen molar-refractivity contribution in [3.05, 3.63) is 94.8 Å². The van der Waals surface area contributed by atoms with E-state index in [4.69, 9.17) is 9.47 Å². The summed E-state index contributed by atoms with van der Waals surface area (Å²) in [6.07, 6.45) is 5.13. The van der Waals surface area contributed by atoms with Crippen molar-refractivity contribution in [2.24, 2.45) is 0 Å². The molecule has 0 fully saturated rings. The van der Waals surface area contributed by atoms with Gasteiger partial charge in [-0.25, -0.2) is 4.39 Å². The van der Waals surface area contributed by atoms with Crippen molar-refractivity contribution in [1.29, 1.82) is 0 Å². The molecule has 2 aromatic carbocycles. The maximum atomic E-state index is 13.5. The second-order valence-corrected chi connectivity index (χ2v) is 7.04. The van der Waals surface area contributed by atoms with Crippen LogP contribution in [0.3, 0.4) is 0 Å². The van der Waals surface area contributed by atoms with Gasteiger partial charge in [0.05, 0.1) is 11.1 Å². The van der Waals surface area contributed by atoms with Gasteiger partial charge in [-0.2, -0.15) is 0 Å². The summed E-state index contributed by atoms with van der Waals surface area (Å²) in [6.45, 7) is 1.71. The molecule has 0 unspecified atom stereocenters. The van der Waals surface area contributed by atoms with E-state index in [9.17, 15) is 9.18 Å². The summed E-state index contributed by atoms with van der Waals surface area (Å²) in [6, 6.07) is 13.5. The molecular weight excluding hydrogens is 371 g/mol. The number of halogens is 1. The summed E-state index contributed by atoms with van der Waals surface area (Å²) >= 11 is 0. The number of carbonyl (C=O) groups excluding carboxylic acids is 1. The predicted molar refractivity (Wildman–Crippen MR) is 105 cm³/mol. The molecule has 5 nitrogen and oxygen atoms in total. The van der Waals surface area contributed by atoms with Gasteiger partial charge in [0, 0.05) is 25.5 Å². The Balaban J connectivity index is 1.44. The Morgan fingerprint density at radius 2 is 2.10 bits per heavy atom. The lowest BCUT2D eigenvalue weighted by Gasteiger charge is -2.29. The highest BCUT2D eigenvalue weighted by molar-refractivity contribution is 6.15. The van der Waals surface area contributed by atoms with Crippen LogP contribution in [0.4, 0.5) is 4.39 Å². The lowest BCUT2D eigenvalue weighted by Crippen LogP contribution is -2.31. The van der Waals surface area contributed by atoms with E-state index in [-0.39, 0.29) is 17.4 Å². The maximum absolute atomic E-state index is 13.5. The fourth-order valence-corrected chi connectivity index (χ4v) is 3.60. The van der Waals surface area contributed by atoms with Crippen LogP contribution in [0.2, 0.25) is 0 Å². The van der Waals surface area contributed by atoms with Crippen LogP contribution < -0.4 is 9.47 Å². The van der Waals surface area contributed by atoms with Crippen molar-refractivity contribution in [3.8, 4) is 11.5 Å². The van der Waals surface area contributed by atoms with Crippen molar-refractivity contribution >= 4 is 11.9 Å². The highest BCUT2D eigenvalue weighted by atomic mass is 19.1. The molecule has 0 radical (unpaired) electrons. The first-order valence-corrected chi connectivity index (χ1v) is 9.27. The largest absolute Gasteiger partial charge is 0.478 e. The number of benzene rings is 2. The van der Waals surface area contributed by atoms with Gasteiger partial charge in [0.15, 0.2) is 5.76 Å². The Kier molecular flexibility index (Phi) is 4.33. The second kappa shape index (κ2) is 7.14. The molecule has 6 heteroatoms. The molecule has 0 spiro atoms. The van der Waals surface area contributed by atoms with Gasteiger partial charge in [0.25, 0.3) is 0 Å². The standard InChI is InChI=1S/C23H17FN2O3/c24-17-5-1-3-15(9-17)10-21-22(27)18-6-7-20-19(23(18)29-21)13-26(14-28-20)12-16-4-2-8-25-11-16/h1-11H,12-14H2. The average Bonchev–Trinajstić information content (AvgIpc) is 3.05. The number of carbonyl (C=O) groups is 1. The molecule has 5 rings (SSSR count). The molecule has 29 heavy (non-hydrogen) atoms. The number of ether oxygens (including phenoxy) is 2. The number of Topliss-reactive ketones (excluding diaryl/α,β-unsaturated/α-hetero) is 1. The van der Waals surface area contributed by atoms with Gasteiger partial charge in [-0.15, -0.1) is 0 Å². The smallest absolute Gasteiger partial charge is 0.231 e. The number of nitrogens with zero attached hydrogens (tertiary/aromatic N) is 2. The normalized spacial score (nSPS) is 16.9. The number of hydrogen-bond donors (Lipinski definition) is 0. The zero-order chi connectivity index (χ0) is 19.8. The highest BCUT2D eigenvalue weighted by Crippen LogP contribution is 2.42. The molecule has 144 valence electrons. The quantitative estimate of drug-likeness (QED) is 0.630. The van der Waals surface area contributed by atoms with E-state index in [1.165, 1.54) is 12.1 Å². The number of fused-ring (bicyclic) bond motifs is 3. The Hall–Kier alpha value is -3.51. The number of aromatic nitrogens is 1. The van der Waals surface area contributed by atoms with E-state index in [0.717, 1.165) is 11.1 Å². The number of rotatable bonds is 3. The average molecular weight is 388 g/mol. The molecule has 1 aromatic heterocycles. The first-order valence-electron chi connectivity index (χ1n) is 9.27. The molecule has 0 N–H and O–H groups in total. The molecule has 0 bridgehead atoms. The lowest BCUT2D eigenvalue weighted by atomic mass is 10.0. The third kappa shape index (κ3) is 3.39. The molecular formula is C23H17FN2O3. The van der Waals surface area contributed by atoms with E-state index in [2.05, 4.69) is 9.88 Å². The molecule has 3 heterocycles. The Morgan fingerprint density at radius 1 is 1.17 bits per heavy atom. The van der Waals surface area contributed by atoms with E-state index in [1.807, 2.05) is 24.4 Å². The predicted octanol–water partition coefficient (Wildman–Crippen LogP) is 4.19. The Bertz CT molecular complexity index is 1130. The zero-order valence-corrected chi connectivity index (χ0v) is 15.5. The van der Waals surface area contributed by atoms with Crippen molar-refractivity contribution in [3.63, 3.8) is 0 Å². The van der Waals surface area contributed by atoms with Gasteiger partial charge < -0.3 is 9.47 Å². The summed E-state index contributed by atoms with van der Waals surface area (Å²) in [4.78, 5) is 19.1. The van der Waals surface area contributed by atoms with Crippen LogP contribution >= 0.6 is 0 Å². The van der Waals surface area contributed by atoms with Crippen LogP contribution in [0.5, 0.6) is 11.5 Å². The Labute approximate surface area is 167 Å². The summed E-state index contributed by atoms with van der Waals surface area (Å²) in [5.74, 6) is 0.844. The zero-order valence-electron chi connectivity index (χ0n) is 15.5. The van der Waals surface area contributed by atoms with Crippen molar-refractivity contribution < 1.29 is 18.7 Å². The first-order chi connectivity index (χ1) is 14.2. The molecule has 2 aliphatic heterocycles. The summed E-state index contributed by atoms with van der Waals surface area (Å²) in [5, 5.41) is 0. The van der Waals surface area contributed by atoms with Crippen LogP contribution in [0, 0.1) is 5.82 Å². The first kappa shape index (κ1) is 17.6. The minimum atomic E-state index is -0.362. The second-order valence-electron chi connectivity index (χ2n) is 7.04. The lowest BCUT2D eigenvalue weighted by molar-refractivity contribution is 0.0872. The van der Waals surface area contributed by atoms with E-state index < -0.39 is 0 Å². The number of pyridine rings is 1. The highest BCUT2D eigenvalue weighted by Gasteiger charge is 2.33. The van der Waals surface area contributed by atoms with E-state index in [1.54, 1.807) is 30.5 Å². The molecule has 0 atom stereocenters. The minimum absolute atomic E-state index is 0.184. The van der Waals surface area contributed by atoms with Gasteiger partial charge in [-0.05, 0) is 47.5 Å². The van der Waals surface area contributed by atoms with Gasteiger partial charge in [-0.1, -0.05) is 18.2 Å². The van der Waals surface area contributed by atoms with Crippen LogP contribution in [0.1, 0.15) is 27.0 Å². The molecule has 0 saturated carbocycles. The summed E-state index contributed by atoms with van der Waals surface area (Å²) < 4.78 is 25.3. The van der Waals surface area contributed by atoms with E-state index in [0.29, 0.717) is 42.4 Å². The fourth-order valence-electron chi connectivity index (χ4n) is 3.60. The minimum Gasteiger partial charge on any atom is -0.478 e. The van der Waals surface area contributed by atoms with Crippen molar-refractivity contribution in [2.75, 3.05) is 6.73 Å². The van der Waals surface area contributed by atoms with Crippen molar-refractivity contribution in [2.45, 2.75) is 13.1 Å². The molecule has 0 aliphatic carbocycles. The Morgan fingerprint density at radius 3 is 2.93 bits per heavy atom. The molecule has 2 aliphatic rings. The van der Waals surface area contributed by atoms with Gasteiger partial charge in [0.2, 0.25) is 5.78 Å². The molecule has 0 amide bonds. The molecule has 0 saturated heterocycles. The van der Waals surface area contributed by atoms with Gasteiger partial charge in [-0.3, -0.25) is 14.7 Å². The molecule has 3 aromatic rings. The summed E-state index contributed by atoms with van der Waals surface area (Å²) in [7, 11) is 0. The van der Waals surface area contributed by atoms with Gasteiger partial charge in [0.1, 0.15) is 24.0 Å². The monoisotopic (exact) mass is 388 g/mol. The van der Waals surface area contributed by atoms with E-state index >= 15 is 0 Å². The number of allylic oxidation sites excluding steroid dienone is 1.